The van der Waals surface area contributed by atoms with Gasteiger partial charge in [-0.05, 0) is 31.4 Å². The second kappa shape index (κ2) is 5.19. The highest BCUT2D eigenvalue weighted by atomic mass is 16.6. The molecule has 0 saturated carbocycles. The van der Waals surface area contributed by atoms with Crippen LogP contribution in [-0.4, -0.2) is 19.2 Å². The molecule has 0 fully saturated rings. The van der Waals surface area contributed by atoms with E-state index in [0.717, 1.165) is 24.1 Å². The summed E-state index contributed by atoms with van der Waals surface area (Å²) >= 11 is 0. The van der Waals surface area contributed by atoms with Crippen LogP contribution in [0.5, 0.6) is 0 Å². The molecule has 1 aliphatic heterocycles. The number of hydrogen-bond donors (Lipinski definition) is 1. The molecule has 4 nitrogen and oxygen atoms in total. The highest BCUT2D eigenvalue weighted by Gasteiger charge is 2.24. The average Bonchev–Trinajstić information content (AvgIpc) is 2.50. The van der Waals surface area contributed by atoms with Gasteiger partial charge in [0.2, 0.25) is 0 Å². The van der Waals surface area contributed by atoms with Crippen molar-refractivity contribution in [3.63, 3.8) is 0 Å². The number of rotatable bonds is 1. The van der Waals surface area contributed by atoms with Gasteiger partial charge in [-0.1, -0.05) is 18.2 Å². The lowest BCUT2D eigenvalue weighted by Gasteiger charge is -2.22. The van der Waals surface area contributed by atoms with E-state index in [1.54, 1.807) is 4.90 Å². The summed E-state index contributed by atoms with van der Waals surface area (Å²) < 4.78 is 5.08. The summed E-state index contributed by atoms with van der Waals surface area (Å²) in [4.78, 5) is 13.6. The second-order valence-corrected chi connectivity index (χ2v) is 4.16. The zero-order valence-corrected chi connectivity index (χ0v) is 10.1. The lowest BCUT2D eigenvalue weighted by Crippen LogP contribution is -2.32. The summed E-state index contributed by atoms with van der Waals surface area (Å²) in [7, 11) is 0. The summed E-state index contributed by atoms with van der Waals surface area (Å²) in [5.74, 6) is 0. The minimum atomic E-state index is -0.283. The molecule has 2 rings (SSSR count). The van der Waals surface area contributed by atoms with E-state index in [1.165, 1.54) is 0 Å². The first-order valence-corrected chi connectivity index (χ1v) is 6.03. The normalized spacial score (nSPS) is 19.4. The smallest absolute Gasteiger partial charge is 0.414 e. The molecule has 1 atom stereocenters. The van der Waals surface area contributed by atoms with Gasteiger partial charge >= 0.3 is 6.09 Å². The Hall–Kier alpha value is -1.55. The molecule has 0 saturated heterocycles. The van der Waals surface area contributed by atoms with Crippen LogP contribution in [0.15, 0.2) is 24.3 Å². The number of carbonyl (C=O) groups is 1. The number of ether oxygens (including phenoxy) is 1. The Morgan fingerprint density at radius 3 is 3.06 bits per heavy atom. The molecule has 0 bridgehead atoms. The minimum Gasteiger partial charge on any atom is -0.449 e. The van der Waals surface area contributed by atoms with Crippen molar-refractivity contribution in [1.82, 2.24) is 0 Å². The third kappa shape index (κ3) is 2.42. The van der Waals surface area contributed by atoms with Crippen molar-refractivity contribution in [2.45, 2.75) is 25.8 Å². The van der Waals surface area contributed by atoms with E-state index >= 15 is 0 Å². The fraction of sp³-hybridized carbons (Fsp3) is 0.462. The summed E-state index contributed by atoms with van der Waals surface area (Å²) in [5.41, 5.74) is 8.02. The Morgan fingerprint density at radius 1 is 1.53 bits per heavy atom. The van der Waals surface area contributed by atoms with Crippen molar-refractivity contribution in [3.05, 3.63) is 29.8 Å². The number of carbonyl (C=O) groups excluding carboxylic acids is 1. The number of anilines is 1. The van der Waals surface area contributed by atoms with Crippen molar-refractivity contribution in [2.24, 2.45) is 5.73 Å². The number of fused-ring (bicyclic) bond motifs is 1. The van der Waals surface area contributed by atoms with Gasteiger partial charge in [0.15, 0.2) is 0 Å². The van der Waals surface area contributed by atoms with Gasteiger partial charge in [-0.15, -0.1) is 0 Å². The molecule has 0 spiro atoms. The first-order chi connectivity index (χ1) is 8.24. The quantitative estimate of drug-likeness (QED) is 0.812. The van der Waals surface area contributed by atoms with Gasteiger partial charge in [-0.3, -0.25) is 4.90 Å². The molecule has 1 aliphatic rings. The Labute approximate surface area is 101 Å². The van der Waals surface area contributed by atoms with Gasteiger partial charge in [0.1, 0.15) is 0 Å². The van der Waals surface area contributed by atoms with Crippen LogP contribution in [0.2, 0.25) is 0 Å². The lowest BCUT2D eigenvalue weighted by molar-refractivity contribution is 0.159. The van der Waals surface area contributed by atoms with Crippen molar-refractivity contribution >= 4 is 11.8 Å². The first-order valence-electron chi connectivity index (χ1n) is 6.03. The van der Waals surface area contributed by atoms with Gasteiger partial charge < -0.3 is 10.5 Å². The SMILES string of the molecule is CCOC(=O)N1CCCC(N)c2ccccc21. The minimum absolute atomic E-state index is 0.00521. The molecular formula is C13H18N2O2. The molecule has 4 heteroatoms. The molecular weight excluding hydrogens is 216 g/mol. The van der Waals surface area contributed by atoms with E-state index in [2.05, 4.69) is 0 Å². The van der Waals surface area contributed by atoms with Crippen LogP contribution in [0.25, 0.3) is 0 Å². The maximum Gasteiger partial charge on any atom is 0.414 e. The summed E-state index contributed by atoms with van der Waals surface area (Å²) in [6, 6.07) is 7.79. The zero-order valence-electron chi connectivity index (χ0n) is 10.1. The van der Waals surface area contributed by atoms with Crippen molar-refractivity contribution < 1.29 is 9.53 Å². The van der Waals surface area contributed by atoms with E-state index in [0.29, 0.717) is 13.2 Å². The van der Waals surface area contributed by atoms with Crippen LogP contribution >= 0.6 is 0 Å². The predicted octanol–water partition coefficient (Wildman–Crippen LogP) is 2.44. The number of hydrogen-bond acceptors (Lipinski definition) is 3. The Morgan fingerprint density at radius 2 is 2.29 bits per heavy atom. The van der Waals surface area contributed by atoms with Gasteiger partial charge in [0.25, 0.3) is 0 Å². The number of benzene rings is 1. The fourth-order valence-corrected chi connectivity index (χ4v) is 2.18. The maximum absolute atomic E-state index is 11.9. The van der Waals surface area contributed by atoms with Gasteiger partial charge in [0.05, 0.1) is 12.3 Å². The van der Waals surface area contributed by atoms with Gasteiger partial charge in [0, 0.05) is 12.6 Å². The molecule has 1 amide bonds. The Kier molecular flexibility index (Phi) is 3.64. The first kappa shape index (κ1) is 11.9. The molecule has 92 valence electrons. The molecule has 1 aromatic rings. The Bertz CT molecular complexity index is 406. The van der Waals surface area contributed by atoms with Crippen LogP contribution < -0.4 is 10.6 Å². The van der Waals surface area contributed by atoms with E-state index < -0.39 is 0 Å². The second-order valence-electron chi connectivity index (χ2n) is 4.16. The average molecular weight is 234 g/mol. The van der Waals surface area contributed by atoms with E-state index in [9.17, 15) is 4.79 Å². The Balaban J connectivity index is 2.35. The van der Waals surface area contributed by atoms with Crippen molar-refractivity contribution in [2.75, 3.05) is 18.1 Å². The summed E-state index contributed by atoms with van der Waals surface area (Å²) in [6.45, 7) is 2.88. The van der Waals surface area contributed by atoms with Crippen LogP contribution in [0, 0.1) is 0 Å². The van der Waals surface area contributed by atoms with E-state index in [-0.39, 0.29) is 12.1 Å². The molecule has 0 aromatic heterocycles. The monoisotopic (exact) mass is 234 g/mol. The maximum atomic E-state index is 11.9. The standard InChI is InChI=1S/C13H18N2O2/c1-2-17-13(16)15-9-5-7-11(14)10-6-3-4-8-12(10)15/h3-4,6,8,11H,2,5,7,9,14H2,1H3. The van der Waals surface area contributed by atoms with Crippen molar-refractivity contribution in [1.29, 1.82) is 0 Å². The molecule has 17 heavy (non-hydrogen) atoms. The van der Waals surface area contributed by atoms with Gasteiger partial charge in [-0.25, -0.2) is 4.79 Å². The zero-order chi connectivity index (χ0) is 12.3. The molecule has 0 radical (unpaired) electrons. The summed E-state index contributed by atoms with van der Waals surface area (Å²) in [5, 5.41) is 0. The van der Waals surface area contributed by atoms with Crippen LogP contribution in [-0.2, 0) is 4.74 Å². The number of para-hydroxylation sites is 1. The lowest BCUT2D eigenvalue weighted by atomic mass is 10.0. The number of nitrogens with two attached hydrogens (primary N) is 1. The largest absolute Gasteiger partial charge is 0.449 e. The highest BCUT2D eigenvalue weighted by Crippen LogP contribution is 2.31. The van der Waals surface area contributed by atoms with Crippen molar-refractivity contribution in [3.8, 4) is 0 Å². The molecule has 0 aliphatic carbocycles. The third-order valence-corrected chi connectivity index (χ3v) is 3.01. The molecule has 2 N–H and O–H groups in total. The van der Waals surface area contributed by atoms with Gasteiger partial charge in [-0.2, -0.15) is 0 Å². The third-order valence-electron chi connectivity index (χ3n) is 3.01. The predicted molar refractivity (Wildman–Crippen MR) is 67.0 cm³/mol. The topological polar surface area (TPSA) is 55.6 Å². The molecule has 1 unspecified atom stereocenters. The number of nitrogens with zero attached hydrogens (tertiary/aromatic N) is 1. The summed E-state index contributed by atoms with van der Waals surface area (Å²) in [6.07, 6.45) is 1.51. The highest BCUT2D eigenvalue weighted by molar-refractivity contribution is 5.89. The molecule has 1 heterocycles. The van der Waals surface area contributed by atoms with Crippen LogP contribution in [0.4, 0.5) is 10.5 Å². The number of amides is 1. The fourth-order valence-electron chi connectivity index (χ4n) is 2.18. The van der Waals surface area contributed by atoms with E-state index in [1.807, 2.05) is 31.2 Å². The molecule has 1 aromatic carbocycles. The van der Waals surface area contributed by atoms with Crippen LogP contribution in [0.1, 0.15) is 31.4 Å². The van der Waals surface area contributed by atoms with E-state index in [4.69, 9.17) is 10.5 Å². The van der Waals surface area contributed by atoms with Crippen LogP contribution in [0.3, 0.4) is 0 Å².